The first-order chi connectivity index (χ1) is 9.68. The first kappa shape index (κ1) is 14.7. The van der Waals surface area contributed by atoms with Crippen LogP contribution < -0.4 is 5.32 Å². The van der Waals surface area contributed by atoms with Gasteiger partial charge < -0.3 is 10.2 Å². The minimum Gasteiger partial charge on any atom is -0.308 e. The normalized spacial score (nSPS) is 14.2. The summed E-state index contributed by atoms with van der Waals surface area (Å²) in [6.07, 6.45) is 3.68. The Hall–Kier alpha value is -1.71. The van der Waals surface area contributed by atoms with Crippen LogP contribution in [-0.4, -0.2) is 30.5 Å². The predicted octanol–water partition coefficient (Wildman–Crippen LogP) is 3.04. The van der Waals surface area contributed by atoms with E-state index in [0.717, 1.165) is 6.54 Å². The lowest BCUT2D eigenvalue weighted by molar-refractivity contribution is 0.281. The molecule has 0 aliphatic heterocycles. The number of rotatable bonds is 6. The van der Waals surface area contributed by atoms with Crippen molar-refractivity contribution < 1.29 is 0 Å². The Kier molecular flexibility index (Phi) is 5.27. The van der Waals surface area contributed by atoms with E-state index >= 15 is 0 Å². The van der Waals surface area contributed by atoms with Crippen molar-refractivity contribution >= 4 is 0 Å². The van der Waals surface area contributed by atoms with Crippen molar-refractivity contribution in [3.05, 3.63) is 66.0 Å². The molecular formula is C17H23N3. The first-order valence-electron chi connectivity index (χ1n) is 7.03. The molecule has 2 unspecified atom stereocenters. The Balaban J connectivity index is 2.00. The van der Waals surface area contributed by atoms with Crippen LogP contribution in [0.4, 0.5) is 0 Å². The number of nitrogens with zero attached hydrogens (tertiary/aromatic N) is 2. The lowest BCUT2D eigenvalue weighted by Crippen LogP contribution is -2.32. The van der Waals surface area contributed by atoms with Crippen LogP contribution in [0.15, 0.2) is 54.9 Å². The largest absolute Gasteiger partial charge is 0.308 e. The molecular weight excluding hydrogens is 246 g/mol. The molecule has 0 saturated carbocycles. The van der Waals surface area contributed by atoms with Crippen LogP contribution in [0, 0.1) is 0 Å². The van der Waals surface area contributed by atoms with E-state index < -0.39 is 0 Å². The lowest BCUT2D eigenvalue weighted by Gasteiger charge is -2.27. The Morgan fingerprint density at radius 3 is 2.25 bits per heavy atom. The minimum absolute atomic E-state index is 0.323. The maximum Gasteiger partial charge on any atom is 0.0467 e. The number of pyridine rings is 1. The number of hydrogen-bond acceptors (Lipinski definition) is 3. The highest BCUT2D eigenvalue weighted by Crippen LogP contribution is 2.18. The molecule has 0 amide bonds. The molecule has 0 saturated heterocycles. The van der Waals surface area contributed by atoms with E-state index in [1.807, 2.05) is 12.4 Å². The zero-order valence-electron chi connectivity index (χ0n) is 12.5. The van der Waals surface area contributed by atoms with E-state index in [2.05, 4.69) is 78.7 Å². The van der Waals surface area contributed by atoms with Crippen LogP contribution in [-0.2, 0) is 0 Å². The highest BCUT2D eigenvalue weighted by Gasteiger charge is 2.15. The van der Waals surface area contributed by atoms with E-state index in [0.29, 0.717) is 12.1 Å². The molecule has 0 bridgehead atoms. The quantitative estimate of drug-likeness (QED) is 0.873. The number of aromatic nitrogens is 1. The molecule has 2 aromatic rings. The van der Waals surface area contributed by atoms with Crippen molar-refractivity contribution in [3.63, 3.8) is 0 Å². The molecule has 3 heteroatoms. The summed E-state index contributed by atoms with van der Waals surface area (Å²) in [6, 6.07) is 15.4. The van der Waals surface area contributed by atoms with E-state index in [1.165, 1.54) is 11.1 Å². The Morgan fingerprint density at radius 1 is 1.00 bits per heavy atom. The summed E-state index contributed by atoms with van der Waals surface area (Å²) in [5.74, 6) is 0. The third-order valence-corrected chi connectivity index (χ3v) is 3.63. The van der Waals surface area contributed by atoms with E-state index in [-0.39, 0.29) is 0 Å². The van der Waals surface area contributed by atoms with Gasteiger partial charge in [0.15, 0.2) is 0 Å². The first-order valence-corrected chi connectivity index (χ1v) is 7.03. The van der Waals surface area contributed by atoms with Crippen molar-refractivity contribution in [2.45, 2.75) is 19.0 Å². The fourth-order valence-corrected chi connectivity index (χ4v) is 2.33. The molecule has 2 atom stereocenters. The molecule has 20 heavy (non-hydrogen) atoms. The zero-order chi connectivity index (χ0) is 14.4. The Bertz CT molecular complexity index is 496. The molecule has 1 aromatic heterocycles. The van der Waals surface area contributed by atoms with Crippen LogP contribution >= 0.6 is 0 Å². The SMILES string of the molecule is CC(NCC(c1ccccc1)N(C)C)c1ccncc1. The van der Waals surface area contributed by atoms with Gasteiger partial charge in [-0.1, -0.05) is 30.3 Å². The molecule has 1 aromatic carbocycles. The van der Waals surface area contributed by atoms with Crippen LogP contribution in [0.1, 0.15) is 30.1 Å². The molecule has 0 aliphatic rings. The molecule has 1 heterocycles. The Morgan fingerprint density at radius 2 is 1.65 bits per heavy atom. The fourth-order valence-electron chi connectivity index (χ4n) is 2.33. The number of nitrogens with one attached hydrogen (secondary N) is 1. The predicted molar refractivity (Wildman–Crippen MR) is 83.5 cm³/mol. The van der Waals surface area contributed by atoms with Gasteiger partial charge in [-0.2, -0.15) is 0 Å². The maximum atomic E-state index is 4.06. The average Bonchev–Trinajstić information content (AvgIpc) is 2.49. The van der Waals surface area contributed by atoms with Gasteiger partial charge in [0.1, 0.15) is 0 Å². The van der Waals surface area contributed by atoms with Gasteiger partial charge in [-0.25, -0.2) is 0 Å². The maximum absolute atomic E-state index is 4.06. The van der Waals surface area contributed by atoms with Crippen molar-refractivity contribution in [2.75, 3.05) is 20.6 Å². The van der Waals surface area contributed by atoms with Crippen LogP contribution in [0.2, 0.25) is 0 Å². The van der Waals surface area contributed by atoms with E-state index in [9.17, 15) is 0 Å². The minimum atomic E-state index is 0.323. The monoisotopic (exact) mass is 269 g/mol. The van der Waals surface area contributed by atoms with Gasteiger partial charge in [0.25, 0.3) is 0 Å². The standard InChI is InChI=1S/C17H23N3/c1-14(15-9-11-18-12-10-15)19-13-17(20(2)3)16-7-5-4-6-8-16/h4-12,14,17,19H,13H2,1-3H3. The number of hydrogen-bond donors (Lipinski definition) is 1. The summed E-state index contributed by atoms with van der Waals surface area (Å²) in [7, 11) is 4.24. The van der Waals surface area contributed by atoms with Crippen molar-refractivity contribution in [3.8, 4) is 0 Å². The molecule has 0 fully saturated rings. The molecule has 2 rings (SSSR count). The molecule has 3 nitrogen and oxygen atoms in total. The molecule has 106 valence electrons. The third kappa shape index (κ3) is 3.89. The lowest BCUT2D eigenvalue weighted by atomic mass is 10.0. The molecule has 0 radical (unpaired) electrons. The van der Waals surface area contributed by atoms with Gasteiger partial charge >= 0.3 is 0 Å². The fraction of sp³-hybridized carbons (Fsp3) is 0.353. The Labute approximate surface area is 121 Å². The molecule has 0 aliphatic carbocycles. The van der Waals surface area contributed by atoms with Crippen LogP contribution in [0.25, 0.3) is 0 Å². The van der Waals surface area contributed by atoms with Crippen molar-refractivity contribution in [1.82, 2.24) is 15.2 Å². The summed E-state index contributed by atoms with van der Waals surface area (Å²) < 4.78 is 0. The number of benzene rings is 1. The summed E-state index contributed by atoms with van der Waals surface area (Å²) in [5, 5.41) is 3.61. The summed E-state index contributed by atoms with van der Waals surface area (Å²) >= 11 is 0. The molecule has 0 spiro atoms. The highest BCUT2D eigenvalue weighted by atomic mass is 15.1. The second-order valence-electron chi connectivity index (χ2n) is 5.30. The van der Waals surface area contributed by atoms with Gasteiger partial charge in [0.05, 0.1) is 0 Å². The van der Waals surface area contributed by atoms with Crippen molar-refractivity contribution in [2.24, 2.45) is 0 Å². The van der Waals surface area contributed by atoms with E-state index in [1.54, 1.807) is 0 Å². The van der Waals surface area contributed by atoms with Gasteiger partial charge in [-0.3, -0.25) is 4.98 Å². The summed E-state index contributed by atoms with van der Waals surface area (Å²) in [5.41, 5.74) is 2.61. The zero-order valence-corrected chi connectivity index (χ0v) is 12.5. The summed E-state index contributed by atoms with van der Waals surface area (Å²) in [6.45, 7) is 3.10. The number of likely N-dealkylation sites (N-methyl/N-ethyl adjacent to an activating group) is 1. The highest BCUT2D eigenvalue weighted by molar-refractivity contribution is 5.20. The van der Waals surface area contributed by atoms with E-state index in [4.69, 9.17) is 0 Å². The topological polar surface area (TPSA) is 28.2 Å². The van der Waals surface area contributed by atoms with Crippen LogP contribution in [0.5, 0.6) is 0 Å². The summed E-state index contributed by atoms with van der Waals surface area (Å²) in [4.78, 5) is 6.31. The van der Waals surface area contributed by atoms with Gasteiger partial charge in [0, 0.05) is 31.0 Å². The third-order valence-electron chi connectivity index (χ3n) is 3.63. The van der Waals surface area contributed by atoms with Crippen molar-refractivity contribution in [1.29, 1.82) is 0 Å². The second kappa shape index (κ2) is 7.17. The van der Waals surface area contributed by atoms with Crippen LogP contribution in [0.3, 0.4) is 0 Å². The van der Waals surface area contributed by atoms with Gasteiger partial charge in [-0.05, 0) is 44.3 Å². The average molecular weight is 269 g/mol. The molecule has 1 N–H and O–H groups in total. The smallest absolute Gasteiger partial charge is 0.0467 e. The van der Waals surface area contributed by atoms with Gasteiger partial charge in [-0.15, -0.1) is 0 Å². The second-order valence-corrected chi connectivity index (χ2v) is 5.30. The van der Waals surface area contributed by atoms with Gasteiger partial charge in [0.2, 0.25) is 0 Å².